The summed E-state index contributed by atoms with van der Waals surface area (Å²) in [5, 5.41) is 4.61. The molecule has 1 saturated heterocycles. The highest BCUT2D eigenvalue weighted by molar-refractivity contribution is 6.62. The molecular formula is C22H21BO3. The van der Waals surface area contributed by atoms with Gasteiger partial charge in [0, 0.05) is 10.8 Å². The molecule has 3 aromatic carbocycles. The van der Waals surface area contributed by atoms with Crippen molar-refractivity contribution in [3.05, 3.63) is 54.6 Å². The average molecular weight is 344 g/mol. The summed E-state index contributed by atoms with van der Waals surface area (Å²) in [7, 11) is -0.366. The lowest BCUT2D eigenvalue weighted by Crippen LogP contribution is -2.41. The molecule has 2 heterocycles. The van der Waals surface area contributed by atoms with Crippen LogP contribution in [0.25, 0.3) is 32.7 Å². The summed E-state index contributed by atoms with van der Waals surface area (Å²) in [4.78, 5) is 0. The van der Waals surface area contributed by atoms with Crippen molar-refractivity contribution in [2.24, 2.45) is 0 Å². The van der Waals surface area contributed by atoms with Gasteiger partial charge < -0.3 is 13.7 Å². The van der Waals surface area contributed by atoms with Crippen LogP contribution in [0.5, 0.6) is 0 Å². The van der Waals surface area contributed by atoms with Gasteiger partial charge in [0.2, 0.25) is 0 Å². The van der Waals surface area contributed by atoms with Gasteiger partial charge in [0.1, 0.15) is 11.2 Å². The molecule has 3 nitrogen and oxygen atoms in total. The molecular weight excluding hydrogens is 323 g/mol. The van der Waals surface area contributed by atoms with E-state index in [9.17, 15) is 0 Å². The maximum atomic E-state index is 6.21. The fourth-order valence-electron chi connectivity index (χ4n) is 3.61. The Morgan fingerprint density at radius 2 is 1.31 bits per heavy atom. The number of hydrogen-bond acceptors (Lipinski definition) is 3. The Bertz CT molecular complexity index is 1140. The summed E-state index contributed by atoms with van der Waals surface area (Å²) in [6, 6.07) is 18.8. The van der Waals surface area contributed by atoms with E-state index in [0.717, 1.165) is 27.4 Å². The quantitative estimate of drug-likeness (QED) is 0.454. The Morgan fingerprint density at radius 3 is 2.00 bits per heavy atom. The molecule has 0 radical (unpaired) electrons. The van der Waals surface area contributed by atoms with Crippen molar-refractivity contribution >= 4 is 45.3 Å². The zero-order chi connectivity index (χ0) is 18.1. The Balaban J connectivity index is 1.67. The molecule has 1 aromatic heterocycles. The lowest BCUT2D eigenvalue weighted by Gasteiger charge is -2.32. The molecule has 0 saturated carbocycles. The molecule has 5 rings (SSSR count). The van der Waals surface area contributed by atoms with Crippen molar-refractivity contribution in [1.29, 1.82) is 0 Å². The van der Waals surface area contributed by atoms with E-state index in [0.29, 0.717) is 0 Å². The van der Waals surface area contributed by atoms with Gasteiger partial charge in [0.05, 0.1) is 11.2 Å². The predicted molar refractivity (Wildman–Crippen MR) is 107 cm³/mol. The predicted octanol–water partition coefficient (Wildman–Crippen LogP) is 5.04. The fourth-order valence-corrected chi connectivity index (χ4v) is 3.61. The number of rotatable bonds is 1. The molecule has 4 aromatic rings. The lowest BCUT2D eigenvalue weighted by atomic mass is 9.78. The largest absolute Gasteiger partial charge is 0.494 e. The standard InChI is InChI=1S/C22H21BO3/c1-21(2)22(3,4)26-23(25-21)16-9-10-19-18(13-16)17-11-14-7-5-6-8-15(14)12-20(17)24-19/h5-13H,1-4H3. The van der Waals surface area contributed by atoms with E-state index < -0.39 is 0 Å². The first kappa shape index (κ1) is 15.9. The molecule has 1 aliphatic rings. The normalized spacial score (nSPS) is 19.0. The maximum absolute atomic E-state index is 6.21. The van der Waals surface area contributed by atoms with Gasteiger partial charge >= 0.3 is 7.12 Å². The van der Waals surface area contributed by atoms with Crippen LogP contribution in [0.3, 0.4) is 0 Å². The Morgan fingerprint density at radius 1 is 0.692 bits per heavy atom. The van der Waals surface area contributed by atoms with Crippen LogP contribution in [0.1, 0.15) is 27.7 Å². The molecule has 4 heteroatoms. The minimum atomic E-state index is -0.366. The Hall–Kier alpha value is -2.30. The number of fused-ring (bicyclic) bond motifs is 4. The van der Waals surface area contributed by atoms with Crippen LogP contribution >= 0.6 is 0 Å². The third kappa shape index (κ3) is 2.22. The second kappa shape index (κ2) is 5.12. The molecule has 0 bridgehead atoms. The van der Waals surface area contributed by atoms with E-state index >= 15 is 0 Å². The molecule has 1 fully saturated rings. The first-order chi connectivity index (χ1) is 12.3. The van der Waals surface area contributed by atoms with Crippen LogP contribution < -0.4 is 5.46 Å². The van der Waals surface area contributed by atoms with Crippen molar-refractivity contribution in [2.45, 2.75) is 38.9 Å². The zero-order valence-corrected chi connectivity index (χ0v) is 15.5. The van der Waals surface area contributed by atoms with E-state index in [4.69, 9.17) is 13.7 Å². The van der Waals surface area contributed by atoms with Gasteiger partial charge in [-0.1, -0.05) is 36.4 Å². The number of furan rings is 1. The molecule has 1 aliphatic heterocycles. The van der Waals surface area contributed by atoms with Gasteiger partial charge in [-0.3, -0.25) is 0 Å². The summed E-state index contributed by atoms with van der Waals surface area (Å²) >= 11 is 0. The Labute approximate surface area is 153 Å². The zero-order valence-electron chi connectivity index (χ0n) is 15.5. The second-order valence-corrected chi connectivity index (χ2v) is 8.14. The summed E-state index contributed by atoms with van der Waals surface area (Å²) in [6.07, 6.45) is 0. The molecule has 26 heavy (non-hydrogen) atoms. The van der Waals surface area contributed by atoms with Crippen molar-refractivity contribution in [2.75, 3.05) is 0 Å². The third-order valence-corrected chi connectivity index (χ3v) is 5.89. The first-order valence-electron chi connectivity index (χ1n) is 9.05. The molecule has 0 N–H and O–H groups in total. The number of hydrogen-bond donors (Lipinski definition) is 0. The topological polar surface area (TPSA) is 31.6 Å². The van der Waals surface area contributed by atoms with Gasteiger partial charge in [-0.05, 0) is 62.1 Å². The van der Waals surface area contributed by atoms with Gasteiger partial charge in [0.15, 0.2) is 0 Å². The van der Waals surface area contributed by atoms with Crippen LogP contribution in [-0.2, 0) is 9.31 Å². The minimum absolute atomic E-state index is 0.346. The van der Waals surface area contributed by atoms with Crippen molar-refractivity contribution < 1.29 is 13.7 Å². The average Bonchev–Trinajstić information content (AvgIpc) is 3.05. The summed E-state index contributed by atoms with van der Waals surface area (Å²) < 4.78 is 18.5. The smallest absolute Gasteiger partial charge is 0.456 e. The third-order valence-electron chi connectivity index (χ3n) is 5.89. The van der Waals surface area contributed by atoms with E-state index in [2.05, 4.69) is 64.1 Å². The van der Waals surface area contributed by atoms with Crippen LogP contribution in [0.2, 0.25) is 0 Å². The fraction of sp³-hybridized carbons (Fsp3) is 0.273. The second-order valence-electron chi connectivity index (χ2n) is 8.14. The molecule has 0 atom stereocenters. The van der Waals surface area contributed by atoms with Crippen LogP contribution in [0, 0.1) is 0 Å². The van der Waals surface area contributed by atoms with Gasteiger partial charge in [-0.25, -0.2) is 0 Å². The van der Waals surface area contributed by atoms with E-state index in [1.165, 1.54) is 10.8 Å². The Kier molecular flexibility index (Phi) is 3.14. The van der Waals surface area contributed by atoms with Gasteiger partial charge in [-0.15, -0.1) is 0 Å². The highest BCUT2D eigenvalue weighted by Gasteiger charge is 2.51. The summed E-state index contributed by atoms with van der Waals surface area (Å²) in [6.45, 7) is 8.30. The summed E-state index contributed by atoms with van der Waals surface area (Å²) in [5.74, 6) is 0. The SMILES string of the molecule is CC1(C)OB(c2ccc3oc4cc5ccccc5cc4c3c2)OC1(C)C. The van der Waals surface area contributed by atoms with Crippen LogP contribution in [-0.4, -0.2) is 18.3 Å². The monoisotopic (exact) mass is 344 g/mol. The van der Waals surface area contributed by atoms with Crippen LogP contribution in [0.4, 0.5) is 0 Å². The van der Waals surface area contributed by atoms with Gasteiger partial charge in [-0.2, -0.15) is 0 Å². The lowest BCUT2D eigenvalue weighted by molar-refractivity contribution is 0.00578. The molecule has 0 unspecified atom stereocenters. The first-order valence-corrected chi connectivity index (χ1v) is 9.05. The van der Waals surface area contributed by atoms with E-state index in [-0.39, 0.29) is 18.3 Å². The minimum Gasteiger partial charge on any atom is -0.456 e. The molecule has 0 spiro atoms. The van der Waals surface area contributed by atoms with Crippen molar-refractivity contribution in [3.63, 3.8) is 0 Å². The van der Waals surface area contributed by atoms with Crippen molar-refractivity contribution in [1.82, 2.24) is 0 Å². The van der Waals surface area contributed by atoms with E-state index in [1.807, 2.05) is 18.2 Å². The number of benzene rings is 3. The van der Waals surface area contributed by atoms with Gasteiger partial charge in [0.25, 0.3) is 0 Å². The highest BCUT2D eigenvalue weighted by Crippen LogP contribution is 2.37. The van der Waals surface area contributed by atoms with E-state index in [1.54, 1.807) is 0 Å². The molecule has 0 amide bonds. The van der Waals surface area contributed by atoms with Crippen LogP contribution in [0.15, 0.2) is 59.0 Å². The molecule has 0 aliphatic carbocycles. The highest BCUT2D eigenvalue weighted by atomic mass is 16.7. The molecule has 130 valence electrons. The van der Waals surface area contributed by atoms with Crippen molar-refractivity contribution in [3.8, 4) is 0 Å². The maximum Gasteiger partial charge on any atom is 0.494 e. The summed E-state index contributed by atoms with van der Waals surface area (Å²) in [5.41, 5.74) is 2.12.